The van der Waals surface area contributed by atoms with Crippen LogP contribution in [0.5, 0.6) is 0 Å². The molecule has 0 aliphatic heterocycles. The van der Waals surface area contributed by atoms with E-state index >= 15 is 0 Å². The second-order valence-electron chi connectivity index (χ2n) is 4.52. The molecule has 3 heteroatoms. The van der Waals surface area contributed by atoms with Crippen LogP contribution in [0.25, 0.3) is 0 Å². The lowest BCUT2D eigenvalue weighted by Crippen LogP contribution is -2.19. The molecule has 1 heterocycles. The summed E-state index contributed by atoms with van der Waals surface area (Å²) in [5, 5.41) is 4.28. The molecule has 0 aromatic carbocycles. The zero-order chi connectivity index (χ0) is 10.7. The number of hydrogen-bond acceptors (Lipinski definition) is 2. The normalized spacial score (nSPS) is 13.6. The van der Waals surface area contributed by atoms with Crippen molar-refractivity contribution in [3.05, 3.63) is 17.5 Å². The average molecular weight is 195 g/mol. The summed E-state index contributed by atoms with van der Waals surface area (Å²) in [6, 6.07) is 0.213. The van der Waals surface area contributed by atoms with Crippen LogP contribution in [0, 0.1) is 5.92 Å². The summed E-state index contributed by atoms with van der Waals surface area (Å²) in [6.07, 6.45) is 3.95. The van der Waals surface area contributed by atoms with Crippen molar-refractivity contribution in [2.24, 2.45) is 18.7 Å². The fourth-order valence-corrected chi connectivity index (χ4v) is 1.68. The molecule has 3 nitrogen and oxygen atoms in total. The molecule has 2 N–H and O–H groups in total. The first-order chi connectivity index (χ1) is 6.50. The van der Waals surface area contributed by atoms with Gasteiger partial charge in [0.25, 0.3) is 0 Å². The molecule has 1 aromatic heterocycles. The van der Waals surface area contributed by atoms with Crippen LogP contribution in [0.3, 0.4) is 0 Å². The topological polar surface area (TPSA) is 43.8 Å². The largest absolute Gasteiger partial charge is 0.328 e. The minimum Gasteiger partial charge on any atom is -0.328 e. The SMILES string of the molecule is CC(C)Cc1c(CC(C)N)cnn1C. The van der Waals surface area contributed by atoms with Gasteiger partial charge in [-0.15, -0.1) is 0 Å². The lowest BCUT2D eigenvalue weighted by Gasteiger charge is -2.10. The van der Waals surface area contributed by atoms with Crippen molar-refractivity contribution in [1.82, 2.24) is 9.78 Å². The van der Waals surface area contributed by atoms with E-state index in [1.807, 2.05) is 24.9 Å². The molecule has 14 heavy (non-hydrogen) atoms. The van der Waals surface area contributed by atoms with Gasteiger partial charge in [-0.25, -0.2) is 0 Å². The zero-order valence-electron chi connectivity index (χ0n) is 9.62. The van der Waals surface area contributed by atoms with E-state index in [-0.39, 0.29) is 6.04 Å². The van der Waals surface area contributed by atoms with Crippen LogP contribution in [-0.4, -0.2) is 15.8 Å². The van der Waals surface area contributed by atoms with Gasteiger partial charge in [-0.05, 0) is 31.2 Å². The minimum atomic E-state index is 0.213. The smallest absolute Gasteiger partial charge is 0.0525 e. The summed E-state index contributed by atoms with van der Waals surface area (Å²) in [4.78, 5) is 0. The molecule has 0 aliphatic carbocycles. The molecule has 80 valence electrons. The van der Waals surface area contributed by atoms with Crippen molar-refractivity contribution in [2.45, 2.75) is 39.7 Å². The van der Waals surface area contributed by atoms with E-state index in [1.165, 1.54) is 11.3 Å². The van der Waals surface area contributed by atoms with Gasteiger partial charge < -0.3 is 5.73 Å². The molecule has 1 aromatic rings. The van der Waals surface area contributed by atoms with Crippen LogP contribution < -0.4 is 5.73 Å². The van der Waals surface area contributed by atoms with E-state index in [0.29, 0.717) is 5.92 Å². The summed E-state index contributed by atoms with van der Waals surface area (Å²) < 4.78 is 1.97. The van der Waals surface area contributed by atoms with Crippen LogP contribution >= 0.6 is 0 Å². The Balaban J connectivity index is 2.82. The van der Waals surface area contributed by atoms with Gasteiger partial charge >= 0.3 is 0 Å². The lowest BCUT2D eigenvalue weighted by molar-refractivity contribution is 0.588. The highest BCUT2D eigenvalue weighted by Crippen LogP contribution is 2.14. The van der Waals surface area contributed by atoms with Crippen LogP contribution in [0.2, 0.25) is 0 Å². The standard InChI is InChI=1S/C11H21N3/c1-8(2)5-11-10(6-9(3)12)7-13-14(11)4/h7-9H,5-6,12H2,1-4H3. The summed E-state index contributed by atoms with van der Waals surface area (Å²) in [7, 11) is 2.00. The summed E-state index contributed by atoms with van der Waals surface area (Å²) in [6.45, 7) is 6.48. The highest BCUT2D eigenvalue weighted by atomic mass is 15.3. The van der Waals surface area contributed by atoms with Crippen LogP contribution in [0.15, 0.2) is 6.20 Å². The zero-order valence-corrected chi connectivity index (χ0v) is 9.62. The predicted molar refractivity (Wildman–Crippen MR) is 59.1 cm³/mol. The Morgan fingerprint density at radius 2 is 2.00 bits per heavy atom. The van der Waals surface area contributed by atoms with E-state index in [1.54, 1.807) is 0 Å². The van der Waals surface area contributed by atoms with Crippen molar-refractivity contribution in [3.8, 4) is 0 Å². The maximum atomic E-state index is 5.80. The molecular formula is C11H21N3. The van der Waals surface area contributed by atoms with E-state index in [9.17, 15) is 0 Å². The number of hydrogen-bond donors (Lipinski definition) is 1. The summed E-state index contributed by atoms with van der Waals surface area (Å²) in [5.41, 5.74) is 8.43. The van der Waals surface area contributed by atoms with Crippen molar-refractivity contribution in [3.63, 3.8) is 0 Å². The Kier molecular flexibility index (Phi) is 3.69. The number of nitrogens with two attached hydrogens (primary N) is 1. The maximum absolute atomic E-state index is 5.80. The van der Waals surface area contributed by atoms with Gasteiger partial charge in [0.05, 0.1) is 6.20 Å². The van der Waals surface area contributed by atoms with Crippen LogP contribution in [0.1, 0.15) is 32.0 Å². The van der Waals surface area contributed by atoms with Gasteiger partial charge in [-0.2, -0.15) is 5.10 Å². The molecule has 0 aliphatic rings. The Labute approximate surface area is 86.3 Å². The van der Waals surface area contributed by atoms with Crippen molar-refractivity contribution < 1.29 is 0 Å². The van der Waals surface area contributed by atoms with Gasteiger partial charge in [0.15, 0.2) is 0 Å². The molecule has 0 fully saturated rings. The van der Waals surface area contributed by atoms with Crippen LogP contribution in [-0.2, 0) is 19.9 Å². The minimum absolute atomic E-state index is 0.213. The van der Waals surface area contributed by atoms with E-state index < -0.39 is 0 Å². The molecule has 1 atom stereocenters. The maximum Gasteiger partial charge on any atom is 0.0525 e. The fraction of sp³-hybridized carbons (Fsp3) is 0.727. The van der Waals surface area contributed by atoms with Crippen molar-refractivity contribution >= 4 is 0 Å². The molecular weight excluding hydrogens is 174 g/mol. The third-order valence-electron chi connectivity index (χ3n) is 2.29. The van der Waals surface area contributed by atoms with E-state index in [2.05, 4.69) is 18.9 Å². The van der Waals surface area contributed by atoms with Gasteiger partial charge in [-0.3, -0.25) is 4.68 Å². The number of aromatic nitrogens is 2. The first kappa shape index (κ1) is 11.2. The average Bonchev–Trinajstić information content (AvgIpc) is 2.34. The Bertz CT molecular complexity index is 287. The highest BCUT2D eigenvalue weighted by Gasteiger charge is 2.11. The van der Waals surface area contributed by atoms with Crippen molar-refractivity contribution in [1.29, 1.82) is 0 Å². The molecule has 0 bridgehead atoms. The third-order valence-corrected chi connectivity index (χ3v) is 2.29. The monoisotopic (exact) mass is 195 g/mol. The highest BCUT2D eigenvalue weighted by molar-refractivity contribution is 5.19. The number of nitrogens with zero attached hydrogens (tertiary/aromatic N) is 2. The molecule has 0 spiro atoms. The first-order valence-corrected chi connectivity index (χ1v) is 5.26. The molecule has 0 radical (unpaired) electrons. The van der Waals surface area contributed by atoms with Crippen molar-refractivity contribution in [2.75, 3.05) is 0 Å². The molecule has 0 amide bonds. The number of aryl methyl sites for hydroxylation is 1. The first-order valence-electron chi connectivity index (χ1n) is 5.26. The third kappa shape index (κ3) is 2.84. The number of rotatable bonds is 4. The summed E-state index contributed by atoms with van der Waals surface area (Å²) in [5.74, 6) is 0.664. The quantitative estimate of drug-likeness (QED) is 0.791. The van der Waals surface area contributed by atoms with Gasteiger partial charge in [-0.1, -0.05) is 13.8 Å². The van der Waals surface area contributed by atoms with Gasteiger partial charge in [0, 0.05) is 18.8 Å². The van der Waals surface area contributed by atoms with Gasteiger partial charge in [0.1, 0.15) is 0 Å². The van der Waals surface area contributed by atoms with E-state index in [0.717, 1.165) is 12.8 Å². The Morgan fingerprint density at radius 1 is 1.36 bits per heavy atom. The molecule has 1 rings (SSSR count). The fourth-order valence-electron chi connectivity index (χ4n) is 1.68. The van der Waals surface area contributed by atoms with Gasteiger partial charge in [0.2, 0.25) is 0 Å². The van der Waals surface area contributed by atoms with E-state index in [4.69, 9.17) is 5.73 Å². The Morgan fingerprint density at radius 3 is 2.50 bits per heavy atom. The molecule has 0 saturated carbocycles. The second-order valence-corrected chi connectivity index (χ2v) is 4.52. The molecule has 1 unspecified atom stereocenters. The molecule has 0 saturated heterocycles. The second kappa shape index (κ2) is 4.60. The predicted octanol–water partition coefficient (Wildman–Crippen LogP) is 1.51. The van der Waals surface area contributed by atoms with Crippen LogP contribution in [0.4, 0.5) is 0 Å². The Hall–Kier alpha value is -0.830. The lowest BCUT2D eigenvalue weighted by atomic mass is 10.0. The summed E-state index contributed by atoms with van der Waals surface area (Å²) >= 11 is 0.